The second kappa shape index (κ2) is 7.93. The van der Waals surface area contributed by atoms with Gasteiger partial charge in [0.2, 0.25) is 16.8 Å². The Labute approximate surface area is 163 Å². The van der Waals surface area contributed by atoms with Gasteiger partial charge in [-0.1, -0.05) is 17.7 Å². The van der Waals surface area contributed by atoms with Gasteiger partial charge in [-0.15, -0.1) is 0 Å². The molecule has 0 saturated carbocycles. The molecule has 0 aromatic heterocycles. The summed E-state index contributed by atoms with van der Waals surface area (Å²) < 4.78 is 43.8. The molecule has 0 saturated heterocycles. The molecule has 9 heteroatoms. The number of likely N-dealkylation sites (N-methyl/N-ethyl adjacent to an activating group) is 1. The van der Waals surface area contributed by atoms with Gasteiger partial charge in [-0.3, -0.25) is 0 Å². The number of methoxy groups -OCH3 is 1. The van der Waals surface area contributed by atoms with Crippen molar-refractivity contribution >= 4 is 21.6 Å². The Morgan fingerprint density at radius 1 is 1.19 bits per heavy atom. The van der Waals surface area contributed by atoms with Gasteiger partial charge in [0.05, 0.1) is 17.0 Å². The van der Waals surface area contributed by atoms with Gasteiger partial charge in [0.25, 0.3) is 0 Å². The van der Waals surface area contributed by atoms with Gasteiger partial charge in [-0.2, -0.15) is 0 Å². The van der Waals surface area contributed by atoms with Crippen molar-refractivity contribution < 1.29 is 22.6 Å². The minimum atomic E-state index is -3.73. The molecule has 1 aliphatic rings. The Bertz CT molecular complexity index is 933. The number of rotatable bonds is 7. The van der Waals surface area contributed by atoms with E-state index in [0.717, 1.165) is 5.56 Å². The molecule has 7 nitrogen and oxygen atoms in total. The SMILES string of the molecule is COc1ccc(S(=O)(=O)NCC(c2ccc3c(c2)OCO3)N(C)C)cc1Cl. The molecule has 2 aromatic carbocycles. The predicted molar refractivity (Wildman–Crippen MR) is 102 cm³/mol. The average Bonchev–Trinajstić information content (AvgIpc) is 3.09. The van der Waals surface area contributed by atoms with E-state index in [-0.39, 0.29) is 29.3 Å². The molecule has 0 amide bonds. The molecule has 1 unspecified atom stereocenters. The zero-order chi connectivity index (χ0) is 19.6. The first-order valence-electron chi connectivity index (χ1n) is 8.21. The first-order valence-corrected chi connectivity index (χ1v) is 10.1. The first-order chi connectivity index (χ1) is 12.8. The molecule has 1 aliphatic heterocycles. The molecule has 0 fully saturated rings. The van der Waals surface area contributed by atoms with E-state index in [4.69, 9.17) is 25.8 Å². The fourth-order valence-corrected chi connectivity index (χ4v) is 4.19. The maximum atomic E-state index is 12.7. The monoisotopic (exact) mass is 412 g/mol. The maximum Gasteiger partial charge on any atom is 0.240 e. The molecule has 0 radical (unpaired) electrons. The van der Waals surface area contributed by atoms with Gasteiger partial charge in [0, 0.05) is 12.6 Å². The Morgan fingerprint density at radius 2 is 1.93 bits per heavy atom. The summed E-state index contributed by atoms with van der Waals surface area (Å²) in [7, 11) is 1.51. The largest absolute Gasteiger partial charge is 0.495 e. The van der Waals surface area contributed by atoms with E-state index in [0.29, 0.717) is 17.2 Å². The molecule has 2 aromatic rings. The van der Waals surface area contributed by atoms with Crippen molar-refractivity contribution in [3.63, 3.8) is 0 Å². The highest BCUT2D eigenvalue weighted by Gasteiger charge is 2.23. The topological polar surface area (TPSA) is 77.1 Å². The lowest BCUT2D eigenvalue weighted by Crippen LogP contribution is -2.34. The van der Waals surface area contributed by atoms with Gasteiger partial charge in [-0.05, 0) is 50.0 Å². The molecule has 27 heavy (non-hydrogen) atoms. The van der Waals surface area contributed by atoms with E-state index in [1.54, 1.807) is 0 Å². The van der Waals surface area contributed by atoms with Crippen LogP contribution in [0.5, 0.6) is 17.2 Å². The van der Waals surface area contributed by atoms with Crippen LogP contribution in [0.25, 0.3) is 0 Å². The lowest BCUT2D eigenvalue weighted by Gasteiger charge is -2.25. The first kappa shape index (κ1) is 19.8. The van der Waals surface area contributed by atoms with Crippen LogP contribution in [-0.2, 0) is 10.0 Å². The third kappa shape index (κ3) is 4.30. The number of nitrogens with one attached hydrogen (secondary N) is 1. The average molecular weight is 413 g/mol. The van der Waals surface area contributed by atoms with Gasteiger partial charge >= 0.3 is 0 Å². The number of hydrogen-bond acceptors (Lipinski definition) is 6. The molecule has 0 spiro atoms. The van der Waals surface area contributed by atoms with Crippen molar-refractivity contribution in [2.75, 3.05) is 34.5 Å². The highest BCUT2D eigenvalue weighted by molar-refractivity contribution is 7.89. The number of sulfonamides is 1. The third-order valence-electron chi connectivity index (χ3n) is 4.31. The summed E-state index contributed by atoms with van der Waals surface area (Å²) in [6.07, 6.45) is 0. The van der Waals surface area contributed by atoms with E-state index >= 15 is 0 Å². The third-order valence-corrected chi connectivity index (χ3v) is 6.02. The minimum Gasteiger partial charge on any atom is -0.495 e. The van der Waals surface area contributed by atoms with E-state index in [1.165, 1.54) is 25.3 Å². The van der Waals surface area contributed by atoms with Crippen LogP contribution in [0.15, 0.2) is 41.3 Å². The number of benzene rings is 2. The fourth-order valence-electron chi connectivity index (χ4n) is 2.81. The molecule has 0 aliphatic carbocycles. The molecule has 0 bridgehead atoms. The summed E-state index contributed by atoms with van der Waals surface area (Å²) in [6, 6.07) is 9.75. The van der Waals surface area contributed by atoms with Gasteiger partial charge in [0.1, 0.15) is 5.75 Å². The normalized spacial score (nSPS) is 14.4. The second-order valence-corrected chi connectivity index (χ2v) is 8.41. The zero-order valence-electron chi connectivity index (χ0n) is 15.2. The van der Waals surface area contributed by atoms with Crippen molar-refractivity contribution in [3.05, 3.63) is 47.0 Å². The van der Waals surface area contributed by atoms with Crippen LogP contribution in [0.2, 0.25) is 5.02 Å². The van der Waals surface area contributed by atoms with E-state index < -0.39 is 10.0 Å². The summed E-state index contributed by atoms with van der Waals surface area (Å²) in [5, 5.41) is 0.236. The van der Waals surface area contributed by atoms with Crippen molar-refractivity contribution in [3.8, 4) is 17.2 Å². The van der Waals surface area contributed by atoms with Crippen LogP contribution >= 0.6 is 11.6 Å². The van der Waals surface area contributed by atoms with Gasteiger partial charge in [0.15, 0.2) is 11.5 Å². The quantitative estimate of drug-likeness (QED) is 0.753. The van der Waals surface area contributed by atoms with Crippen LogP contribution < -0.4 is 18.9 Å². The Hall–Kier alpha value is -2.00. The van der Waals surface area contributed by atoms with Crippen molar-refractivity contribution in [1.82, 2.24) is 9.62 Å². The molecular weight excluding hydrogens is 392 g/mol. The highest BCUT2D eigenvalue weighted by Crippen LogP contribution is 2.35. The summed E-state index contributed by atoms with van der Waals surface area (Å²) in [6.45, 7) is 0.370. The highest BCUT2D eigenvalue weighted by atomic mass is 35.5. The fraction of sp³-hybridized carbons (Fsp3) is 0.333. The van der Waals surface area contributed by atoms with Gasteiger partial charge in [-0.25, -0.2) is 13.1 Å². The molecule has 1 atom stereocenters. The van der Waals surface area contributed by atoms with Crippen LogP contribution in [-0.4, -0.2) is 47.9 Å². The number of hydrogen-bond donors (Lipinski definition) is 1. The number of halogens is 1. The lowest BCUT2D eigenvalue weighted by atomic mass is 10.1. The minimum absolute atomic E-state index is 0.0801. The van der Waals surface area contributed by atoms with Gasteiger partial charge < -0.3 is 19.1 Å². The van der Waals surface area contributed by atoms with E-state index in [2.05, 4.69) is 4.72 Å². The Balaban J connectivity index is 1.78. The smallest absolute Gasteiger partial charge is 0.240 e. The van der Waals surface area contributed by atoms with Crippen LogP contribution in [0.4, 0.5) is 0 Å². The van der Waals surface area contributed by atoms with Crippen molar-refractivity contribution in [2.24, 2.45) is 0 Å². The molecule has 146 valence electrons. The summed E-state index contributed by atoms with van der Waals surface area (Å²) in [4.78, 5) is 2.01. The van der Waals surface area contributed by atoms with Crippen LogP contribution in [0.1, 0.15) is 11.6 Å². The standard InChI is InChI=1S/C18H21ClN2O5S/c1-21(2)15(12-4-6-17-18(8-12)26-11-25-17)10-20-27(22,23)13-5-7-16(24-3)14(19)9-13/h4-9,15,20H,10-11H2,1-3H3. The number of ether oxygens (including phenoxy) is 3. The van der Waals surface area contributed by atoms with Crippen LogP contribution in [0, 0.1) is 0 Å². The molecule has 1 heterocycles. The molecule has 3 rings (SSSR count). The Kier molecular flexibility index (Phi) is 5.81. The maximum absolute atomic E-state index is 12.7. The van der Waals surface area contributed by atoms with Crippen molar-refractivity contribution in [2.45, 2.75) is 10.9 Å². The lowest BCUT2D eigenvalue weighted by molar-refractivity contribution is 0.174. The second-order valence-electron chi connectivity index (χ2n) is 6.24. The van der Waals surface area contributed by atoms with E-state index in [1.807, 2.05) is 37.2 Å². The summed E-state index contributed by atoms with van der Waals surface area (Å²) in [5.41, 5.74) is 0.916. The number of nitrogens with zero attached hydrogens (tertiary/aromatic N) is 1. The zero-order valence-corrected chi connectivity index (χ0v) is 16.8. The molecule has 1 N–H and O–H groups in total. The number of fused-ring (bicyclic) bond motifs is 1. The van der Waals surface area contributed by atoms with E-state index in [9.17, 15) is 8.42 Å². The van der Waals surface area contributed by atoms with Crippen LogP contribution in [0.3, 0.4) is 0 Å². The summed E-state index contributed by atoms with van der Waals surface area (Å²) >= 11 is 6.05. The van der Waals surface area contributed by atoms with Crippen molar-refractivity contribution in [1.29, 1.82) is 0 Å². The molecular formula is C18H21ClN2O5S. The Morgan fingerprint density at radius 3 is 2.59 bits per heavy atom. The predicted octanol–water partition coefficient (Wildman–Crippen LogP) is 2.66. The summed E-state index contributed by atoms with van der Waals surface area (Å²) in [5.74, 6) is 1.76.